The van der Waals surface area contributed by atoms with Crippen molar-refractivity contribution in [3.8, 4) is 0 Å². The first-order valence-electron chi connectivity index (χ1n) is 8.81. The smallest absolute Gasteiger partial charge is 0.416 e. The van der Waals surface area contributed by atoms with E-state index in [1.54, 1.807) is 17.9 Å². The summed E-state index contributed by atoms with van der Waals surface area (Å²) < 4.78 is 39.5. The van der Waals surface area contributed by atoms with Crippen LogP contribution in [0.25, 0.3) is 0 Å². The Morgan fingerprint density at radius 2 is 1.88 bits per heavy atom. The number of likely N-dealkylation sites (tertiary alicyclic amines) is 1. The number of carboxylic acid groups (broad SMARTS) is 1. The quantitative estimate of drug-likeness (QED) is 0.875. The van der Waals surface area contributed by atoms with Gasteiger partial charge in [0.15, 0.2) is 0 Å². The Hall–Kier alpha value is -2.05. The van der Waals surface area contributed by atoms with Crippen LogP contribution in [0.15, 0.2) is 24.3 Å². The van der Waals surface area contributed by atoms with Crippen LogP contribution in [0, 0.1) is 11.3 Å². The molecule has 1 aromatic carbocycles. The fraction of sp³-hybridized carbons (Fsp3) is 0.579. The molecule has 7 heteroatoms. The predicted octanol–water partition coefficient (Wildman–Crippen LogP) is 3.91. The number of amides is 1. The van der Waals surface area contributed by atoms with Crippen molar-refractivity contribution in [2.45, 2.75) is 44.7 Å². The van der Waals surface area contributed by atoms with Crippen LogP contribution in [0.3, 0.4) is 0 Å². The Morgan fingerprint density at radius 1 is 1.27 bits per heavy atom. The summed E-state index contributed by atoms with van der Waals surface area (Å²) >= 11 is 0. The normalized spacial score (nSPS) is 22.9. The second-order valence-corrected chi connectivity index (χ2v) is 7.53. The van der Waals surface area contributed by atoms with Gasteiger partial charge in [0.25, 0.3) is 0 Å². The Labute approximate surface area is 150 Å². The van der Waals surface area contributed by atoms with Crippen LogP contribution >= 0.6 is 0 Å². The van der Waals surface area contributed by atoms with Gasteiger partial charge in [0.05, 0.1) is 11.5 Å². The summed E-state index contributed by atoms with van der Waals surface area (Å²) in [7, 11) is 0. The van der Waals surface area contributed by atoms with Crippen LogP contribution < -0.4 is 0 Å². The van der Waals surface area contributed by atoms with Gasteiger partial charge in [-0.15, -0.1) is 0 Å². The molecule has 2 unspecified atom stereocenters. The maximum absolute atomic E-state index is 13.2. The van der Waals surface area contributed by atoms with E-state index in [1.165, 1.54) is 12.1 Å². The second-order valence-electron chi connectivity index (χ2n) is 7.53. The third-order valence-electron chi connectivity index (χ3n) is 5.88. The number of hydrogen-bond donors (Lipinski definition) is 1. The summed E-state index contributed by atoms with van der Waals surface area (Å²) in [6, 6.07) is 5.36. The molecular weight excluding hydrogens is 347 g/mol. The largest absolute Gasteiger partial charge is 0.481 e. The van der Waals surface area contributed by atoms with E-state index in [4.69, 9.17) is 5.11 Å². The Morgan fingerprint density at radius 3 is 2.42 bits per heavy atom. The van der Waals surface area contributed by atoms with E-state index >= 15 is 0 Å². The van der Waals surface area contributed by atoms with Crippen molar-refractivity contribution in [1.29, 1.82) is 0 Å². The molecule has 0 bridgehead atoms. The van der Waals surface area contributed by atoms with Gasteiger partial charge in [-0.05, 0) is 42.2 Å². The highest BCUT2D eigenvalue weighted by molar-refractivity contribution is 5.78. The van der Waals surface area contributed by atoms with Crippen molar-refractivity contribution in [1.82, 2.24) is 4.90 Å². The molecule has 0 aromatic heterocycles. The molecule has 3 rings (SSSR count). The van der Waals surface area contributed by atoms with Crippen molar-refractivity contribution in [2.75, 3.05) is 13.1 Å². The van der Waals surface area contributed by atoms with Crippen molar-refractivity contribution >= 4 is 11.9 Å². The van der Waals surface area contributed by atoms with Gasteiger partial charge in [-0.25, -0.2) is 0 Å². The Kier molecular flexibility index (Phi) is 4.75. The molecule has 142 valence electrons. The highest BCUT2D eigenvalue weighted by Gasteiger charge is 2.59. The molecule has 2 fully saturated rings. The van der Waals surface area contributed by atoms with Crippen LogP contribution in [0.1, 0.15) is 49.7 Å². The summed E-state index contributed by atoms with van der Waals surface area (Å²) in [5, 5.41) is 9.11. The standard InChI is InChI=1S/C19H22F3NO3/c1-12(13-4-2-3-5-14(13)19(20,21)22)10-16(24)23-8-6-18(7-9-23)11-15(18)17(25)26/h2-5,12,15H,6-11H2,1H3,(H,25,26). The fourth-order valence-electron chi connectivity index (χ4n) is 4.14. The first-order chi connectivity index (χ1) is 12.1. The lowest BCUT2D eigenvalue weighted by molar-refractivity contribution is -0.141. The van der Waals surface area contributed by atoms with Crippen LogP contribution in [0.5, 0.6) is 0 Å². The number of aliphatic carboxylic acids is 1. The number of halogens is 3. The highest BCUT2D eigenvalue weighted by atomic mass is 19.4. The maximum atomic E-state index is 13.2. The van der Waals surface area contributed by atoms with Gasteiger partial charge in [-0.2, -0.15) is 13.2 Å². The third kappa shape index (κ3) is 3.57. The van der Waals surface area contributed by atoms with Gasteiger partial charge >= 0.3 is 12.1 Å². The van der Waals surface area contributed by atoms with E-state index in [9.17, 15) is 22.8 Å². The van der Waals surface area contributed by atoms with Crippen LogP contribution in [0.2, 0.25) is 0 Å². The number of carboxylic acids is 1. The lowest BCUT2D eigenvalue weighted by atomic mass is 9.89. The molecule has 1 aromatic rings. The molecule has 1 aliphatic heterocycles. The van der Waals surface area contributed by atoms with Gasteiger partial charge < -0.3 is 10.0 Å². The number of carbonyl (C=O) groups excluding carboxylic acids is 1. The molecule has 2 aliphatic rings. The molecule has 26 heavy (non-hydrogen) atoms. The number of piperidine rings is 1. The van der Waals surface area contributed by atoms with Gasteiger partial charge in [-0.1, -0.05) is 25.1 Å². The number of carbonyl (C=O) groups is 2. The van der Waals surface area contributed by atoms with Gasteiger partial charge in [0, 0.05) is 19.5 Å². The molecule has 0 radical (unpaired) electrons. The minimum Gasteiger partial charge on any atom is -0.481 e. The van der Waals surface area contributed by atoms with Crippen LogP contribution in [-0.4, -0.2) is 35.0 Å². The van der Waals surface area contributed by atoms with E-state index in [0.717, 1.165) is 6.07 Å². The topological polar surface area (TPSA) is 57.6 Å². The first kappa shape index (κ1) is 18.7. The number of nitrogens with zero attached hydrogens (tertiary/aromatic N) is 1. The van der Waals surface area contributed by atoms with Gasteiger partial charge in [0.1, 0.15) is 0 Å². The van der Waals surface area contributed by atoms with E-state index < -0.39 is 23.6 Å². The monoisotopic (exact) mass is 369 g/mol. The van der Waals surface area contributed by atoms with E-state index in [2.05, 4.69) is 0 Å². The van der Waals surface area contributed by atoms with E-state index in [0.29, 0.717) is 32.4 Å². The minimum atomic E-state index is -4.44. The number of benzene rings is 1. The average molecular weight is 369 g/mol. The zero-order chi connectivity index (χ0) is 19.1. The molecule has 1 aliphatic carbocycles. The van der Waals surface area contributed by atoms with Gasteiger partial charge in [0.2, 0.25) is 5.91 Å². The summed E-state index contributed by atoms with van der Waals surface area (Å²) in [6.07, 6.45) is -2.45. The van der Waals surface area contributed by atoms with E-state index in [-0.39, 0.29) is 29.2 Å². The molecule has 1 heterocycles. The summed E-state index contributed by atoms with van der Waals surface area (Å²) in [5.74, 6) is -1.79. The molecule has 4 nitrogen and oxygen atoms in total. The predicted molar refractivity (Wildman–Crippen MR) is 88.5 cm³/mol. The maximum Gasteiger partial charge on any atom is 0.416 e. The third-order valence-corrected chi connectivity index (χ3v) is 5.88. The van der Waals surface area contributed by atoms with Crippen LogP contribution in [-0.2, 0) is 15.8 Å². The number of hydrogen-bond acceptors (Lipinski definition) is 2. The summed E-state index contributed by atoms with van der Waals surface area (Å²) in [4.78, 5) is 25.3. The zero-order valence-corrected chi connectivity index (χ0v) is 14.6. The lowest BCUT2D eigenvalue weighted by Crippen LogP contribution is -2.40. The molecule has 1 spiro atoms. The molecule has 1 saturated carbocycles. The molecule has 1 saturated heterocycles. The van der Waals surface area contributed by atoms with Gasteiger partial charge in [-0.3, -0.25) is 9.59 Å². The number of rotatable bonds is 4. The second kappa shape index (κ2) is 6.59. The van der Waals surface area contributed by atoms with Crippen molar-refractivity contribution < 1.29 is 27.9 Å². The molecular formula is C19H22F3NO3. The van der Waals surface area contributed by atoms with Crippen molar-refractivity contribution in [3.63, 3.8) is 0 Å². The molecule has 2 atom stereocenters. The average Bonchev–Trinajstić information content (AvgIpc) is 3.28. The Balaban J connectivity index is 1.60. The molecule has 1 N–H and O–H groups in total. The zero-order valence-electron chi connectivity index (χ0n) is 14.6. The summed E-state index contributed by atoms with van der Waals surface area (Å²) in [6.45, 7) is 2.60. The fourth-order valence-corrected chi connectivity index (χ4v) is 4.14. The minimum absolute atomic E-state index is 0.0163. The summed E-state index contributed by atoms with van der Waals surface area (Å²) in [5.41, 5.74) is -0.730. The Bertz CT molecular complexity index is 708. The van der Waals surface area contributed by atoms with Crippen molar-refractivity contribution in [3.05, 3.63) is 35.4 Å². The SMILES string of the molecule is CC(CC(=O)N1CCC2(CC1)CC2C(=O)O)c1ccccc1C(F)(F)F. The van der Waals surface area contributed by atoms with Crippen LogP contribution in [0.4, 0.5) is 13.2 Å². The highest BCUT2D eigenvalue weighted by Crippen LogP contribution is 2.59. The molecule has 1 amide bonds. The number of alkyl halides is 3. The van der Waals surface area contributed by atoms with E-state index in [1.807, 2.05) is 0 Å². The first-order valence-corrected chi connectivity index (χ1v) is 8.81. The van der Waals surface area contributed by atoms with Crippen molar-refractivity contribution in [2.24, 2.45) is 11.3 Å². The lowest BCUT2D eigenvalue weighted by Gasteiger charge is -2.33.